The van der Waals surface area contributed by atoms with Crippen LogP contribution in [0.15, 0.2) is 24.7 Å². The molecule has 1 fully saturated rings. The van der Waals surface area contributed by atoms with Crippen LogP contribution < -0.4 is 10.2 Å². The van der Waals surface area contributed by atoms with E-state index < -0.39 is 0 Å². The van der Waals surface area contributed by atoms with Gasteiger partial charge < -0.3 is 14.8 Å². The second kappa shape index (κ2) is 6.19. The van der Waals surface area contributed by atoms with Crippen LogP contribution in [-0.2, 0) is 7.05 Å². The number of imidazole rings is 1. The van der Waals surface area contributed by atoms with Crippen molar-refractivity contribution in [2.45, 2.75) is 25.8 Å². The van der Waals surface area contributed by atoms with Gasteiger partial charge in [-0.2, -0.15) is 5.10 Å². The van der Waals surface area contributed by atoms with Gasteiger partial charge in [-0.25, -0.2) is 9.97 Å². The molecule has 8 heteroatoms. The van der Waals surface area contributed by atoms with Crippen molar-refractivity contribution in [1.29, 1.82) is 0 Å². The van der Waals surface area contributed by atoms with Crippen molar-refractivity contribution in [2.75, 3.05) is 18.0 Å². The second-order valence-corrected chi connectivity index (χ2v) is 6.52. The van der Waals surface area contributed by atoms with Crippen molar-refractivity contribution in [1.82, 2.24) is 30.0 Å². The van der Waals surface area contributed by atoms with Crippen LogP contribution in [0.3, 0.4) is 0 Å². The Morgan fingerprint density at radius 1 is 1.32 bits per heavy atom. The van der Waals surface area contributed by atoms with E-state index >= 15 is 0 Å². The fourth-order valence-electron chi connectivity index (χ4n) is 3.30. The zero-order valence-electron chi connectivity index (χ0n) is 14.4. The molecule has 130 valence electrons. The molecule has 1 saturated heterocycles. The van der Waals surface area contributed by atoms with Crippen LogP contribution >= 0.6 is 0 Å². The highest BCUT2D eigenvalue weighted by molar-refractivity contribution is 5.97. The second-order valence-electron chi connectivity index (χ2n) is 6.52. The van der Waals surface area contributed by atoms with Gasteiger partial charge in [-0.1, -0.05) is 0 Å². The number of piperidine rings is 1. The number of hydrogen-bond acceptors (Lipinski definition) is 5. The third-order valence-corrected chi connectivity index (χ3v) is 4.77. The summed E-state index contributed by atoms with van der Waals surface area (Å²) in [5, 5.41) is 11.0. The molecule has 4 heterocycles. The van der Waals surface area contributed by atoms with E-state index in [-0.39, 0.29) is 11.9 Å². The molecular weight excluding hydrogens is 318 g/mol. The average molecular weight is 339 g/mol. The number of carbonyl (C=O) groups excluding carboxylic acids is 1. The number of fused-ring (bicyclic) bond motifs is 1. The highest BCUT2D eigenvalue weighted by Crippen LogP contribution is 2.19. The lowest BCUT2D eigenvalue weighted by Crippen LogP contribution is -2.45. The molecule has 3 aromatic rings. The molecule has 8 nitrogen and oxygen atoms in total. The summed E-state index contributed by atoms with van der Waals surface area (Å²) in [6.07, 6.45) is 7.15. The van der Waals surface area contributed by atoms with Gasteiger partial charge in [-0.05, 0) is 25.8 Å². The highest BCUT2D eigenvalue weighted by Gasteiger charge is 2.23. The summed E-state index contributed by atoms with van der Waals surface area (Å²) in [4.78, 5) is 23.4. The number of amides is 1. The van der Waals surface area contributed by atoms with E-state index in [2.05, 4.69) is 30.4 Å². The lowest BCUT2D eigenvalue weighted by Gasteiger charge is -2.33. The molecule has 0 spiro atoms. The van der Waals surface area contributed by atoms with Crippen molar-refractivity contribution < 1.29 is 4.79 Å². The van der Waals surface area contributed by atoms with Crippen LogP contribution in [0.1, 0.15) is 28.9 Å². The molecule has 0 aliphatic carbocycles. The monoisotopic (exact) mass is 339 g/mol. The minimum atomic E-state index is -0.0783. The van der Waals surface area contributed by atoms with Crippen LogP contribution in [0, 0.1) is 6.92 Å². The van der Waals surface area contributed by atoms with Crippen LogP contribution in [-0.4, -0.2) is 49.8 Å². The Kier molecular flexibility index (Phi) is 3.87. The van der Waals surface area contributed by atoms with Gasteiger partial charge in [0.25, 0.3) is 5.91 Å². The number of rotatable bonds is 3. The fraction of sp³-hybridized carbons (Fsp3) is 0.412. The molecule has 3 aromatic heterocycles. The third-order valence-electron chi connectivity index (χ3n) is 4.77. The minimum absolute atomic E-state index is 0.0783. The first-order chi connectivity index (χ1) is 12.1. The van der Waals surface area contributed by atoms with Crippen molar-refractivity contribution in [2.24, 2.45) is 7.05 Å². The molecule has 0 aromatic carbocycles. The summed E-state index contributed by atoms with van der Waals surface area (Å²) in [5.41, 5.74) is 2.13. The number of carbonyl (C=O) groups is 1. The van der Waals surface area contributed by atoms with E-state index in [9.17, 15) is 4.79 Å². The Morgan fingerprint density at radius 2 is 2.12 bits per heavy atom. The Morgan fingerprint density at radius 3 is 2.84 bits per heavy atom. The van der Waals surface area contributed by atoms with E-state index in [1.807, 2.05) is 37.0 Å². The molecule has 0 bridgehead atoms. The lowest BCUT2D eigenvalue weighted by molar-refractivity contribution is 0.0931. The van der Waals surface area contributed by atoms with Gasteiger partial charge in [-0.15, -0.1) is 0 Å². The molecule has 4 rings (SSSR count). The summed E-state index contributed by atoms with van der Waals surface area (Å²) in [6, 6.07) is 2.02. The standard InChI is InChI=1S/C17H21N7O/c1-11-14-9-12(10-19-15(14)22-21-11)16(25)20-13-3-6-24(7-4-13)17-18-5-8-23(17)2/h5,8-10,13H,3-4,6-7H2,1-2H3,(H,20,25)(H,19,21,22). The van der Waals surface area contributed by atoms with Crippen molar-refractivity contribution >= 4 is 22.9 Å². The number of aryl methyl sites for hydroxylation is 2. The fourth-order valence-corrected chi connectivity index (χ4v) is 3.30. The Hall–Kier alpha value is -2.90. The van der Waals surface area contributed by atoms with E-state index in [0.29, 0.717) is 11.2 Å². The maximum atomic E-state index is 12.5. The van der Waals surface area contributed by atoms with Crippen LogP contribution in [0.25, 0.3) is 11.0 Å². The summed E-state index contributed by atoms with van der Waals surface area (Å²) in [6.45, 7) is 3.69. The molecule has 2 N–H and O–H groups in total. The highest BCUT2D eigenvalue weighted by atomic mass is 16.1. The maximum absolute atomic E-state index is 12.5. The van der Waals surface area contributed by atoms with Gasteiger partial charge in [-0.3, -0.25) is 9.89 Å². The van der Waals surface area contributed by atoms with Crippen molar-refractivity contribution in [3.63, 3.8) is 0 Å². The number of aromatic amines is 1. The van der Waals surface area contributed by atoms with Crippen molar-refractivity contribution in [3.8, 4) is 0 Å². The van der Waals surface area contributed by atoms with Gasteiger partial charge in [0.05, 0.1) is 5.56 Å². The molecular formula is C17H21N7O. The average Bonchev–Trinajstić information content (AvgIpc) is 3.21. The SMILES string of the molecule is Cc1[nH]nc2ncc(C(=O)NC3CCN(c4nccn4C)CC3)cc12. The normalized spacial score (nSPS) is 15.7. The number of aromatic nitrogens is 5. The van der Waals surface area contributed by atoms with Gasteiger partial charge in [0.1, 0.15) is 0 Å². The third kappa shape index (κ3) is 2.95. The molecule has 25 heavy (non-hydrogen) atoms. The van der Waals surface area contributed by atoms with E-state index in [0.717, 1.165) is 43.0 Å². The van der Waals surface area contributed by atoms with Gasteiger partial charge in [0.15, 0.2) is 5.65 Å². The smallest absolute Gasteiger partial charge is 0.253 e. The topological polar surface area (TPSA) is 91.7 Å². The van der Waals surface area contributed by atoms with Gasteiger partial charge in [0.2, 0.25) is 5.95 Å². The summed E-state index contributed by atoms with van der Waals surface area (Å²) in [7, 11) is 2.00. The van der Waals surface area contributed by atoms with Crippen LogP contribution in [0.2, 0.25) is 0 Å². The van der Waals surface area contributed by atoms with E-state index in [4.69, 9.17) is 0 Å². The Balaban J connectivity index is 1.40. The molecule has 0 unspecified atom stereocenters. The number of nitrogens with zero attached hydrogens (tertiary/aromatic N) is 5. The number of nitrogens with one attached hydrogen (secondary N) is 2. The number of anilines is 1. The van der Waals surface area contributed by atoms with Crippen molar-refractivity contribution in [3.05, 3.63) is 35.9 Å². The predicted octanol–water partition coefficient (Wildman–Crippen LogP) is 1.40. The maximum Gasteiger partial charge on any atom is 0.253 e. The number of H-pyrrole nitrogens is 1. The first kappa shape index (κ1) is 15.6. The van der Waals surface area contributed by atoms with E-state index in [1.54, 1.807) is 6.20 Å². The van der Waals surface area contributed by atoms with Crippen LogP contribution in [0.4, 0.5) is 5.95 Å². The summed E-state index contributed by atoms with van der Waals surface area (Å²) >= 11 is 0. The first-order valence-electron chi connectivity index (χ1n) is 8.45. The van der Waals surface area contributed by atoms with Crippen LogP contribution in [0.5, 0.6) is 0 Å². The first-order valence-corrected chi connectivity index (χ1v) is 8.45. The minimum Gasteiger partial charge on any atom is -0.349 e. The Bertz CT molecular complexity index is 905. The molecule has 0 atom stereocenters. The molecule has 1 amide bonds. The van der Waals surface area contributed by atoms with Gasteiger partial charge in [0, 0.05) is 55.8 Å². The quantitative estimate of drug-likeness (QED) is 0.752. The molecule has 1 aliphatic heterocycles. The molecule has 0 saturated carbocycles. The van der Waals surface area contributed by atoms with E-state index in [1.165, 1.54) is 0 Å². The van der Waals surface area contributed by atoms with Gasteiger partial charge >= 0.3 is 0 Å². The summed E-state index contributed by atoms with van der Waals surface area (Å²) < 4.78 is 2.02. The predicted molar refractivity (Wildman–Crippen MR) is 94.5 cm³/mol. The zero-order valence-corrected chi connectivity index (χ0v) is 14.4. The molecule has 0 radical (unpaired) electrons. The lowest BCUT2D eigenvalue weighted by atomic mass is 10.0. The molecule has 1 aliphatic rings. The number of hydrogen-bond donors (Lipinski definition) is 2. The number of pyridine rings is 1. The zero-order chi connectivity index (χ0) is 17.4. The Labute approximate surface area is 145 Å². The summed E-state index contributed by atoms with van der Waals surface area (Å²) in [5.74, 6) is 0.903. The largest absolute Gasteiger partial charge is 0.349 e.